The molecular weight excluding hydrogens is 497 g/mol. The lowest BCUT2D eigenvalue weighted by atomic mass is 9.94. The minimum atomic E-state index is -3.65. The molecule has 2 N–H and O–H groups in total. The molecule has 1 heterocycles. The van der Waals surface area contributed by atoms with Crippen molar-refractivity contribution in [1.29, 1.82) is 0 Å². The first-order valence-electron chi connectivity index (χ1n) is 8.77. The fourth-order valence-corrected chi connectivity index (χ4v) is 5.50. The van der Waals surface area contributed by atoms with E-state index in [-0.39, 0.29) is 23.0 Å². The molecule has 0 spiro atoms. The molecule has 2 aromatic carbocycles. The van der Waals surface area contributed by atoms with Crippen molar-refractivity contribution in [3.05, 3.63) is 51.6 Å². The monoisotopic (exact) mass is 515 g/mol. The smallest absolute Gasteiger partial charge is 0.341 e. The molecule has 148 valence electrons. The van der Waals surface area contributed by atoms with Crippen molar-refractivity contribution in [3.63, 3.8) is 0 Å². The van der Waals surface area contributed by atoms with Crippen molar-refractivity contribution in [2.75, 3.05) is 6.61 Å². The number of carbonyl (C=O) groups is 1. The maximum atomic E-state index is 12.8. The maximum absolute atomic E-state index is 12.8. The molecule has 0 saturated heterocycles. The Morgan fingerprint density at radius 2 is 1.96 bits per heavy atom. The lowest BCUT2D eigenvalue weighted by molar-refractivity contribution is -0.139. The number of halogens is 1. The van der Waals surface area contributed by atoms with Crippen LogP contribution in [0.15, 0.2) is 47.4 Å². The summed E-state index contributed by atoms with van der Waals surface area (Å²) >= 11 is 2.13. The van der Waals surface area contributed by atoms with E-state index in [1.54, 1.807) is 36.4 Å². The molecule has 2 aliphatic rings. The molecule has 0 radical (unpaired) electrons. The zero-order valence-electron chi connectivity index (χ0n) is 14.7. The second kappa shape index (κ2) is 7.53. The van der Waals surface area contributed by atoms with Gasteiger partial charge in [0.1, 0.15) is 6.10 Å². The van der Waals surface area contributed by atoms with E-state index in [2.05, 4.69) is 27.3 Å². The third-order valence-electron chi connectivity index (χ3n) is 5.02. The lowest BCUT2D eigenvalue weighted by Crippen LogP contribution is -2.37. The van der Waals surface area contributed by atoms with Gasteiger partial charge in [-0.2, -0.15) is 0 Å². The second-order valence-corrected chi connectivity index (χ2v) is 9.76. The zero-order valence-corrected chi connectivity index (χ0v) is 17.6. The van der Waals surface area contributed by atoms with Crippen molar-refractivity contribution in [1.82, 2.24) is 4.72 Å². The molecule has 2 aromatic rings. The van der Waals surface area contributed by atoms with Crippen LogP contribution < -0.4 is 14.2 Å². The number of benzene rings is 2. The average Bonchev–Trinajstić information content (AvgIpc) is 3.20. The van der Waals surface area contributed by atoms with E-state index in [1.165, 1.54) is 0 Å². The lowest BCUT2D eigenvalue weighted by Gasteiger charge is -2.19. The van der Waals surface area contributed by atoms with Gasteiger partial charge in [0.2, 0.25) is 10.0 Å². The standard InChI is InChI=1S/C19H18INO6S/c20-11-4-6-12(7-5-11)28(24,25)21-14-8-9-15-18(14)13-2-1-3-16(19(13)27-15)26-10-17(22)23/h1-7,14-15,18,21H,8-10H2,(H,22,23). The topological polar surface area (TPSA) is 102 Å². The number of rotatable bonds is 6. The van der Waals surface area contributed by atoms with E-state index in [4.69, 9.17) is 14.6 Å². The van der Waals surface area contributed by atoms with Gasteiger partial charge in [-0.3, -0.25) is 0 Å². The number of hydrogen-bond donors (Lipinski definition) is 2. The number of nitrogens with one attached hydrogen (secondary N) is 1. The summed E-state index contributed by atoms with van der Waals surface area (Å²) < 4.78 is 40.7. The predicted octanol–water partition coefficient (Wildman–Crippen LogP) is 2.74. The van der Waals surface area contributed by atoms with Gasteiger partial charge in [-0.1, -0.05) is 12.1 Å². The van der Waals surface area contributed by atoms with Gasteiger partial charge in [0.25, 0.3) is 0 Å². The molecule has 28 heavy (non-hydrogen) atoms. The molecule has 1 aliphatic heterocycles. The number of carboxylic acids is 1. The molecule has 1 fully saturated rings. The number of ether oxygens (including phenoxy) is 2. The summed E-state index contributed by atoms with van der Waals surface area (Å²) in [5.74, 6) is -0.327. The fourth-order valence-electron chi connectivity index (χ4n) is 3.85. The zero-order chi connectivity index (χ0) is 19.9. The molecule has 7 nitrogen and oxygen atoms in total. The van der Waals surface area contributed by atoms with Gasteiger partial charge < -0.3 is 14.6 Å². The van der Waals surface area contributed by atoms with Crippen LogP contribution >= 0.6 is 22.6 Å². The molecule has 0 aromatic heterocycles. The van der Waals surface area contributed by atoms with Gasteiger partial charge in [0.05, 0.1) is 4.90 Å². The highest BCUT2D eigenvalue weighted by Crippen LogP contribution is 2.51. The van der Waals surface area contributed by atoms with Crippen molar-refractivity contribution in [3.8, 4) is 11.5 Å². The Bertz CT molecular complexity index is 1010. The first kappa shape index (κ1) is 19.5. The fraction of sp³-hybridized carbons (Fsp3) is 0.316. The minimum Gasteiger partial charge on any atom is -0.486 e. The Morgan fingerprint density at radius 1 is 1.21 bits per heavy atom. The van der Waals surface area contributed by atoms with Gasteiger partial charge >= 0.3 is 5.97 Å². The normalized spacial score (nSPS) is 23.0. The van der Waals surface area contributed by atoms with Crippen molar-refractivity contribution in [2.45, 2.75) is 35.8 Å². The van der Waals surface area contributed by atoms with Crippen LogP contribution in [0.4, 0.5) is 0 Å². The largest absolute Gasteiger partial charge is 0.486 e. The van der Waals surface area contributed by atoms with Crippen LogP contribution in [0.3, 0.4) is 0 Å². The highest BCUT2D eigenvalue weighted by atomic mass is 127. The molecule has 1 aliphatic carbocycles. The Kier molecular flexibility index (Phi) is 5.23. The molecular formula is C19H18INO6S. The van der Waals surface area contributed by atoms with Gasteiger partial charge in [-0.15, -0.1) is 0 Å². The average molecular weight is 515 g/mol. The molecule has 9 heteroatoms. The Balaban J connectivity index is 1.58. The van der Waals surface area contributed by atoms with Crippen LogP contribution in [0.5, 0.6) is 11.5 Å². The van der Waals surface area contributed by atoms with Crippen LogP contribution in [0.25, 0.3) is 0 Å². The quantitative estimate of drug-likeness (QED) is 0.574. The summed E-state index contributed by atoms with van der Waals surface area (Å²) in [6.07, 6.45) is 1.21. The molecule has 1 saturated carbocycles. The van der Waals surface area contributed by atoms with Crippen LogP contribution in [0, 0.1) is 3.57 Å². The van der Waals surface area contributed by atoms with E-state index in [0.29, 0.717) is 24.3 Å². The van der Waals surface area contributed by atoms with Crippen LogP contribution in [0.2, 0.25) is 0 Å². The Morgan fingerprint density at radius 3 is 2.68 bits per heavy atom. The summed E-state index contributed by atoms with van der Waals surface area (Å²) in [7, 11) is -3.65. The first-order valence-corrected chi connectivity index (χ1v) is 11.3. The van der Waals surface area contributed by atoms with Gasteiger partial charge in [0.15, 0.2) is 18.1 Å². The molecule has 4 rings (SSSR count). The van der Waals surface area contributed by atoms with Gasteiger partial charge in [-0.05, 0) is 65.8 Å². The molecule has 3 atom stereocenters. The summed E-state index contributed by atoms with van der Waals surface area (Å²) in [5.41, 5.74) is 0.848. The molecule has 3 unspecified atom stereocenters. The SMILES string of the molecule is O=C(O)COc1cccc2c1OC1CCC(NS(=O)(=O)c3ccc(I)cc3)C21. The van der Waals surface area contributed by atoms with Crippen LogP contribution in [0.1, 0.15) is 24.3 Å². The highest BCUT2D eigenvalue weighted by molar-refractivity contribution is 14.1. The predicted molar refractivity (Wildman–Crippen MR) is 109 cm³/mol. The molecule has 0 bridgehead atoms. The summed E-state index contributed by atoms with van der Waals surface area (Å²) in [5, 5.41) is 8.84. The number of sulfonamides is 1. The van der Waals surface area contributed by atoms with Crippen LogP contribution in [-0.4, -0.2) is 38.2 Å². The van der Waals surface area contributed by atoms with E-state index in [1.807, 2.05) is 6.07 Å². The van der Waals surface area contributed by atoms with Gasteiger partial charge in [-0.25, -0.2) is 17.9 Å². The summed E-state index contributed by atoms with van der Waals surface area (Å²) in [6, 6.07) is 11.7. The van der Waals surface area contributed by atoms with E-state index >= 15 is 0 Å². The molecule has 0 amide bonds. The van der Waals surface area contributed by atoms with Crippen LogP contribution in [-0.2, 0) is 14.8 Å². The minimum absolute atomic E-state index is 0.137. The van der Waals surface area contributed by atoms with E-state index < -0.39 is 22.6 Å². The summed E-state index contributed by atoms with van der Waals surface area (Å²) in [4.78, 5) is 11.0. The summed E-state index contributed by atoms with van der Waals surface area (Å²) in [6.45, 7) is -0.460. The van der Waals surface area contributed by atoms with E-state index in [0.717, 1.165) is 9.13 Å². The number of hydrogen-bond acceptors (Lipinski definition) is 5. The Hall–Kier alpha value is -1.85. The van der Waals surface area contributed by atoms with Gasteiger partial charge in [0, 0.05) is 21.1 Å². The first-order chi connectivity index (χ1) is 13.3. The Labute approximate surface area is 176 Å². The highest BCUT2D eigenvalue weighted by Gasteiger charge is 2.47. The second-order valence-electron chi connectivity index (χ2n) is 6.80. The van der Waals surface area contributed by atoms with Crippen molar-refractivity contribution >= 4 is 38.6 Å². The third-order valence-corrected chi connectivity index (χ3v) is 7.24. The number of para-hydroxylation sites is 1. The third kappa shape index (κ3) is 3.70. The maximum Gasteiger partial charge on any atom is 0.341 e. The number of aliphatic carboxylic acids is 1. The van der Waals surface area contributed by atoms with E-state index in [9.17, 15) is 13.2 Å². The van der Waals surface area contributed by atoms with Crippen molar-refractivity contribution in [2.24, 2.45) is 0 Å². The van der Waals surface area contributed by atoms with Crippen molar-refractivity contribution < 1.29 is 27.8 Å². The number of carboxylic acid groups (broad SMARTS) is 1. The number of fused-ring (bicyclic) bond motifs is 3.